The van der Waals surface area contributed by atoms with E-state index in [1.54, 1.807) is 0 Å². The van der Waals surface area contributed by atoms with Crippen molar-refractivity contribution in [1.82, 2.24) is 14.7 Å². The molecule has 5 nitrogen and oxygen atoms in total. The Hall–Kier alpha value is -4.69. The molecule has 8 heteroatoms. The van der Waals surface area contributed by atoms with Crippen molar-refractivity contribution in [1.29, 1.82) is 0 Å². The number of alkyl halides is 3. The lowest BCUT2D eigenvalue weighted by Gasteiger charge is -2.39. The van der Waals surface area contributed by atoms with Gasteiger partial charge in [-0.3, -0.25) is 14.5 Å². The number of piperazine rings is 1. The van der Waals surface area contributed by atoms with Crippen molar-refractivity contribution in [2.45, 2.75) is 64.3 Å². The van der Waals surface area contributed by atoms with Crippen molar-refractivity contribution in [2.75, 3.05) is 26.2 Å². The van der Waals surface area contributed by atoms with Gasteiger partial charge < -0.3 is 9.80 Å². The summed E-state index contributed by atoms with van der Waals surface area (Å²) in [7, 11) is 0. The van der Waals surface area contributed by atoms with E-state index < -0.39 is 23.7 Å². The molecule has 50 heavy (non-hydrogen) atoms. The molecule has 0 saturated carbocycles. The van der Waals surface area contributed by atoms with Crippen LogP contribution in [0.1, 0.15) is 59.6 Å². The van der Waals surface area contributed by atoms with Crippen molar-refractivity contribution in [3.05, 3.63) is 149 Å². The molecule has 0 aliphatic carbocycles. The monoisotopic (exact) mass is 681 g/mol. The molecule has 0 aromatic heterocycles. The predicted octanol–water partition coefficient (Wildman–Crippen LogP) is 8.44. The molecule has 1 fully saturated rings. The van der Waals surface area contributed by atoms with Crippen molar-refractivity contribution >= 4 is 17.9 Å². The lowest BCUT2D eigenvalue weighted by atomic mass is 10.0. The van der Waals surface area contributed by atoms with Gasteiger partial charge >= 0.3 is 6.18 Å². The van der Waals surface area contributed by atoms with Crippen LogP contribution < -0.4 is 0 Å². The highest BCUT2D eigenvalue weighted by molar-refractivity contribution is 5.96. The van der Waals surface area contributed by atoms with E-state index in [1.165, 1.54) is 46.4 Å². The molecule has 1 aliphatic heterocycles. The first-order chi connectivity index (χ1) is 24.2. The van der Waals surface area contributed by atoms with E-state index in [4.69, 9.17) is 0 Å². The molecule has 4 aromatic rings. The molecular weight excluding hydrogens is 635 g/mol. The summed E-state index contributed by atoms with van der Waals surface area (Å²) < 4.78 is 41.4. The molecular formula is C42H46F3N3O2. The van der Waals surface area contributed by atoms with Gasteiger partial charge in [-0.05, 0) is 52.8 Å². The van der Waals surface area contributed by atoms with Crippen LogP contribution in [-0.4, -0.2) is 58.7 Å². The van der Waals surface area contributed by atoms with E-state index in [2.05, 4.69) is 36.1 Å². The Morgan fingerprint density at radius 2 is 1.34 bits per heavy atom. The minimum absolute atomic E-state index is 0.106. The van der Waals surface area contributed by atoms with Crippen molar-refractivity contribution < 1.29 is 22.8 Å². The van der Waals surface area contributed by atoms with Crippen LogP contribution in [0.25, 0.3) is 6.08 Å². The fourth-order valence-electron chi connectivity index (χ4n) is 6.43. The van der Waals surface area contributed by atoms with Crippen molar-refractivity contribution in [2.24, 2.45) is 0 Å². The van der Waals surface area contributed by atoms with Gasteiger partial charge in [-0.2, -0.15) is 13.2 Å². The van der Waals surface area contributed by atoms with Gasteiger partial charge in [0, 0.05) is 51.8 Å². The van der Waals surface area contributed by atoms with Crippen LogP contribution in [0.4, 0.5) is 13.2 Å². The van der Waals surface area contributed by atoms with E-state index in [0.717, 1.165) is 49.4 Å². The third kappa shape index (κ3) is 10.4. The topological polar surface area (TPSA) is 43.9 Å². The van der Waals surface area contributed by atoms with Crippen LogP contribution >= 0.6 is 0 Å². The maximum absolute atomic E-state index is 14.5. The van der Waals surface area contributed by atoms with E-state index in [9.17, 15) is 22.8 Å². The van der Waals surface area contributed by atoms with E-state index in [0.29, 0.717) is 26.2 Å². The first kappa shape index (κ1) is 36.6. The Kier molecular flexibility index (Phi) is 13.0. The summed E-state index contributed by atoms with van der Waals surface area (Å²) in [6.07, 6.45) is 2.43. The molecule has 0 radical (unpaired) electrons. The zero-order valence-electron chi connectivity index (χ0n) is 28.7. The Balaban J connectivity index is 1.43. The minimum atomic E-state index is -4.57. The van der Waals surface area contributed by atoms with E-state index in [-0.39, 0.29) is 24.4 Å². The first-order valence-corrected chi connectivity index (χ1v) is 17.5. The van der Waals surface area contributed by atoms with Crippen molar-refractivity contribution in [3.8, 4) is 0 Å². The number of amides is 2. The maximum atomic E-state index is 14.5. The molecule has 0 bridgehead atoms. The van der Waals surface area contributed by atoms with Crippen LogP contribution in [0.15, 0.2) is 115 Å². The highest BCUT2D eigenvalue weighted by Gasteiger charge is 2.35. The van der Waals surface area contributed by atoms with E-state index >= 15 is 0 Å². The molecule has 1 aliphatic rings. The molecule has 0 spiro atoms. The van der Waals surface area contributed by atoms with Gasteiger partial charge in [0.15, 0.2) is 0 Å². The predicted molar refractivity (Wildman–Crippen MR) is 193 cm³/mol. The summed E-state index contributed by atoms with van der Waals surface area (Å²) in [6, 6.07) is 32.2. The van der Waals surface area contributed by atoms with Gasteiger partial charge in [-0.15, -0.1) is 0 Å². The molecule has 1 saturated heterocycles. The summed E-state index contributed by atoms with van der Waals surface area (Å²) in [6.45, 7) is 5.51. The smallest absolute Gasteiger partial charge is 0.338 e. The van der Waals surface area contributed by atoms with Crippen molar-refractivity contribution in [3.63, 3.8) is 0 Å². The Bertz CT molecular complexity index is 1680. The molecule has 5 rings (SSSR count). The Morgan fingerprint density at radius 1 is 0.740 bits per heavy atom. The quantitative estimate of drug-likeness (QED) is 0.0992. The van der Waals surface area contributed by atoms with Crippen LogP contribution in [0, 0.1) is 0 Å². The van der Waals surface area contributed by atoms with Crippen LogP contribution in [0.2, 0.25) is 0 Å². The summed E-state index contributed by atoms with van der Waals surface area (Å²) >= 11 is 0. The molecule has 262 valence electrons. The average molecular weight is 682 g/mol. The summed E-state index contributed by atoms with van der Waals surface area (Å²) in [5, 5.41) is 0. The number of benzene rings is 4. The zero-order valence-corrected chi connectivity index (χ0v) is 28.7. The number of hydrogen-bond donors (Lipinski definition) is 0. The number of carbonyl (C=O) groups is 2. The molecule has 4 aromatic carbocycles. The van der Waals surface area contributed by atoms with Crippen LogP contribution in [0.3, 0.4) is 0 Å². The number of carbonyl (C=O) groups excluding carboxylic acids is 2. The van der Waals surface area contributed by atoms with Gasteiger partial charge in [0.2, 0.25) is 11.8 Å². The summed E-state index contributed by atoms with van der Waals surface area (Å²) in [5.74, 6) is -0.687. The molecule has 1 atom stereocenters. The largest absolute Gasteiger partial charge is 0.416 e. The minimum Gasteiger partial charge on any atom is -0.338 e. The third-order valence-corrected chi connectivity index (χ3v) is 9.27. The van der Waals surface area contributed by atoms with Gasteiger partial charge in [0.05, 0.1) is 5.56 Å². The molecule has 2 amide bonds. The second-order valence-electron chi connectivity index (χ2n) is 13.0. The van der Waals surface area contributed by atoms with Crippen LogP contribution in [-0.2, 0) is 41.7 Å². The van der Waals surface area contributed by atoms with Gasteiger partial charge in [-0.25, -0.2) is 0 Å². The van der Waals surface area contributed by atoms with Gasteiger partial charge in [0.1, 0.15) is 6.04 Å². The molecule has 0 unspecified atom stereocenters. The lowest BCUT2D eigenvalue weighted by Crippen LogP contribution is -2.56. The average Bonchev–Trinajstić information content (AvgIpc) is 3.13. The number of nitrogens with zero attached hydrogens (tertiary/aromatic N) is 3. The SMILES string of the molecule is CCCCCc1ccc(CN(C(=O)/C=C/c2ccccc2C(F)(F)F)[C@@H](Cc2ccccc2)C(=O)N2CCN(Cc3ccccc3)CC2)cc1. The number of aryl methyl sites for hydroxylation is 1. The fourth-order valence-corrected chi connectivity index (χ4v) is 6.43. The standard InChI is InChI=1S/C42H46F3N3O2/c1-2-3-6-13-33-20-22-36(23-21-33)32-48(40(49)25-24-37-18-11-12-19-38(37)42(43,44)45)39(30-34-14-7-4-8-15-34)41(50)47-28-26-46(27-29-47)31-35-16-9-5-10-17-35/h4-5,7-12,14-25,39H,2-3,6,13,26-32H2,1H3/b25-24+/t39-/m0/s1. The first-order valence-electron chi connectivity index (χ1n) is 17.5. The third-order valence-electron chi connectivity index (χ3n) is 9.27. The molecule has 0 N–H and O–H groups in total. The number of rotatable bonds is 14. The fraction of sp³-hybridized carbons (Fsp3) is 0.333. The number of hydrogen-bond acceptors (Lipinski definition) is 3. The zero-order chi connectivity index (χ0) is 35.3. The second-order valence-corrected chi connectivity index (χ2v) is 13.0. The van der Waals surface area contributed by atoms with Crippen LogP contribution in [0.5, 0.6) is 0 Å². The molecule has 1 heterocycles. The normalized spacial score (nSPS) is 14.5. The summed E-state index contributed by atoms with van der Waals surface area (Å²) in [4.78, 5) is 34.4. The summed E-state index contributed by atoms with van der Waals surface area (Å²) in [5.41, 5.74) is 3.23. The Labute approximate surface area is 294 Å². The number of unbranched alkanes of at least 4 members (excludes halogenated alkanes) is 2. The van der Waals surface area contributed by atoms with Gasteiger partial charge in [-0.1, -0.05) is 123 Å². The lowest BCUT2D eigenvalue weighted by molar-refractivity contribution is -0.145. The second kappa shape index (κ2) is 17.8. The van der Waals surface area contributed by atoms with Gasteiger partial charge in [0.25, 0.3) is 0 Å². The Morgan fingerprint density at radius 3 is 1.98 bits per heavy atom. The maximum Gasteiger partial charge on any atom is 0.416 e. The van der Waals surface area contributed by atoms with E-state index in [1.807, 2.05) is 65.6 Å². The highest BCUT2D eigenvalue weighted by atomic mass is 19.4. The highest BCUT2D eigenvalue weighted by Crippen LogP contribution is 2.32. The number of halogens is 3.